The monoisotopic (exact) mass is 519 g/mol. The highest BCUT2D eigenvalue weighted by Gasteiger charge is 2.31. The minimum Gasteiger partial charge on any atom is -0.365 e. The summed E-state index contributed by atoms with van der Waals surface area (Å²) in [7, 11) is -3.74. The van der Waals surface area contributed by atoms with Crippen LogP contribution in [0.2, 0.25) is 0 Å². The van der Waals surface area contributed by atoms with E-state index in [2.05, 4.69) is 25.3 Å². The lowest BCUT2D eigenvalue weighted by Gasteiger charge is -2.15. The Hall–Kier alpha value is -2.02. The molecule has 0 aromatic carbocycles. The van der Waals surface area contributed by atoms with Crippen molar-refractivity contribution in [3.05, 3.63) is 47.9 Å². The highest BCUT2D eigenvalue weighted by atomic mass is 127. The Balaban J connectivity index is 2.05. The fraction of sp³-hybridized carbons (Fsp3) is 0.294. The van der Waals surface area contributed by atoms with Crippen LogP contribution in [-0.4, -0.2) is 33.6 Å². The predicted molar refractivity (Wildman–Crippen MR) is 109 cm³/mol. The van der Waals surface area contributed by atoms with Crippen molar-refractivity contribution in [3.8, 4) is 0 Å². The summed E-state index contributed by atoms with van der Waals surface area (Å²) in [6, 6.07) is 6.40. The van der Waals surface area contributed by atoms with Crippen LogP contribution in [0.4, 0.5) is 14.6 Å². The van der Waals surface area contributed by atoms with Crippen LogP contribution in [0.15, 0.2) is 41.8 Å². The highest BCUT2D eigenvalue weighted by molar-refractivity contribution is 14.1. The number of halogens is 3. The van der Waals surface area contributed by atoms with E-state index in [1.165, 1.54) is 32.3 Å². The van der Waals surface area contributed by atoms with Crippen LogP contribution in [0.1, 0.15) is 25.1 Å². The van der Waals surface area contributed by atoms with E-state index in [1.54, 1.807) is 18.2 Å². The van der Waals surface area contributed by atoms with Crippen LogP contribution in [0.25, 0.3) is 11.0 Å². The molecule has 3 heterocycles. The maximum atomic E-state index is 13.8. The number of nitrogens with zero attached hydrogens (tertiary/aromatic N) is 4. The maximum Gasteiger partial charge on any atom is 0.338 e. The summed E-state index contributed by atoms with van der Waals surface area (Å²) in [4.78, 5) is 16.1. The maximum absolute atomic E-state index is 13.8. The number of hydrogen-bond acceptors (Lipinski definition) is 7. The lowest BCUT2D eigenvalue weighted by molar-refractivity contribution is 0.121. The van der Waals surface area contributed by atoms with Crippen LogP contribution in [0, 0.1) is 0 Å². The summed E-state index contributed by atoms with van der Waals surface area (Å²) in [5, 5.41) is 2.34. The van der Waals surface area contributed by atoms with E-state index in [1.807, 2.05) is 0 Å². The van der Waals surface area contributed by atoms with Gasteiger partial charge in [0.05, 0.1) is 10.6 Å². The van der Waals surface area contributed by atoms with Crippen molar-refractivity contribution in [1.29, 1.82) is 0 Å². The Labute approximate surface area is 174 Å². The zero-order valence-electron chi connectivity index (χ0n) is 14.9. The molecule has 11 heteroatoms. The Morgan fingerprint density at radius 1 is 1.14 bits per heavy atom. The highest BCUT2D eigenvalue weighted by Crippen LogP contribution is 2.36. The number of pyridine rings is 2. The van der Waals surface area contributed by atoms with Crippen LogP contribution < -0.4 is 5.32 Å². The number of aromatic nitrogens is 4. The van der Waals surface area contributed by atoms with Gasteiger partial charge in [0.15, 0.2) is 5.65 Å². The first-order chi connectivity index (χ1) is 13.1. The third-order valence-electron chi connectivity index (χ3n) is 3.93. The minimum atomic E-state index is -3.74. The first kappa shape index (κ1) is 20.7. The van der Waals surface area contributed by atoms with Crippen molar-refractivity contribution in [2.45, 2.75) is 34.7 Å². The van der Waals surface area contributed by atoms with E-state index in [0.717, 1.165) is 22.6 Å². The van der Waals surface area contributed by atoms with Crippen LogP contribution in [0.3, 0.4) is 0 Å². The van der Waals surface area contributed by atoms with Gasteiger partial charge in [-0.05, 0) is 37.6 Å². The fourth-order valence-corrected chi connectivity index (χ4v) is 3.77. The van der Waals surface area contributed by atoms with Crippen molar-refractivity contribution in [2.75, 3.05) is 5.32 Å². The predicted octanol–water partition coefficient (Wildman–Crippen LogP) is 3.70. The third-order valence-corrected chi connectivity index (χ3v) is 6.38. The number of fused-ring (bicyclic) bond motifs is 1. The SMILES string of the molecule is CC(C)S(=O)(=O)c1nc(NCc2cccnc2C(F)(F)I)c2cccnc2n1. The molecule has 0 atom stereocenters. The topological polar surface area (TPSA) is 97.7 Å². The molecule has 28 heavy (non-hydrogen) atoms. The lowest BCUT2D eigenvalue weighted by atomic mass is 10.2. The largest absolute Gasteiger partial charge is 0.365 e. The number of hydrogen-bond donors (Lipinski definition) is 1. The average molecular weight is 519 g/mol. The van der Waals surface area contributed by atoms with Crippen molar-refractivity contribution < 1.29 is 17.2 Å². The molecule has 1 N–H and O–H groups in total. The van der Waals surface area contributed by atoms with Crippen LogP contribution in [-0.2, 0) is 20.3 Å². The van der Waals surface area contributed by atoms with Gasteiger partial charge in [-0.1, -0.05) is 6.07 Å². The minimum absolute atomic E-state index is 0.0239. The van der Waals surface area contributed by atoms with Gasteiger partial charge in [-0.25, -0.2) is 18.4 Å². The Bertz CT molecular complexity index is 1120. The normalized spacial score (nSPS) is 12.5. The van der Waals surface area contributed by atoms with Gasteiger partial charge in [-0.2, -0.15) is 13.8 Å². The molecule has 0 saturated heterocycles. The molecular weight excluding hydrogens is 503 g/mol. The van der Waals surface area contributed by atoms with Crippen molar-refractivity contribution in [2.24, 2.45) is 0 Å². The summed E-state index contributed by atoms with van der Waals surface area (Å²) in [6.07, 6.45) is 2.78. The second-order valence-electron chi connectivity index (χ2n) is 6.19. The van der Waals surface area contributed by atoms with Crippen molar-refractivity contribution >= 4 is 49.3 Å². The number of sulfone groups is 1. The molecule has 0 aliphatic carbocycles. The van der Waals surface area contributed by atoms with E-state index in [4.69, 9.17) is 0 Å². The second-order valence-corrected chi connectivity index (χ2v) is 9.94. The molecule has 0 aliphatic heterocycles. The van der Waals surface area contributed by atoms with Gasteiger partial charge in [0.25, 0.3) is 5.16 Å². The number of alkyl halides is 3. The second kappa shape index (κ2) is 7.78. The zero-order valence-corrected chi connectivity index (χ0v) is 17.9. The van der Waals surface area contributed by atoms with Gasteiger partial charge in [-0.3, -0.25) is 4.98 Å². The first-order valence-electron chi connectivity index (χ1n) is 8.22. The van der Waals surface area contributed by atoms with Gasteiger partial charge < -0.3 is 5.32 Å². The molecule has 0 aliphatic rings. The summed E-state index contributed by atoms with van der Waals surface area (Å²) in [6.45, 7) is 3.03. The molecule has 0 saturated carbocycles. The van der Waals surface area contributed by atoms with Crippen LogP contribution in [0.5, 0.6) is 0 Å². The summed E-state index contributed by atoms with van der Waals surface area (Å²) >= 11 is 1.02. The summed E-state index contributed by atoms with van der Waals surface area (Å²) in [5.74, 6) is 0.198. The molecule has 0 unspecified atom stereocenters. The molecule has 7 nitrogen and oxygen atoms in total. The van der Waals surface area contributed by atoms with Crippen LogP contribution >= 0.6 is 22.6 Å². The molecule has 3 aromatic rings. The van der Waals surface area contributed by atoms with Gasteiger partial charge in [-0.15, -0.1) is 0 Å². The number of nitrogens with one attached hydrogen (secondary N) is 1. The molecule has 0 fully saturated rings. The number of anilines is 1. The van der Waals surface area contributed by atoms with Crippen molar-refractivity contribution in [1.82, 2.24) is 19.9 Å². The van der Waals surface area contributed by atoms with E-state index in [9.17, 15) is 17.2 Å². The average Bonchev–Trinajstić information content (AvgIpc) is 2.65. The fourth-order valence-electron chi connectivity index (χ4n) is 2.43. The van der Waals surface area contributed by atoms with E-state index < -0.39 is 19.0 Å². The third kappa shape index (κ3) is 4.19. The van der Waals surface area contributed by atoms with Gasteiger partial charge in [0.1, 0.15) is 11.5 Å². The van der Waals surface area contributed by atoms with E-state index in [-0.39, 0.29) is 34.4 Å². The van der Waals surface area contributed by atoms with E-state index in [0.29, 0.717) is 5.39 Å². The molecule has 3 aromatic heterocycles. The Kier molecular flexibility index (Phi) is 5.75. The zero-order chi connectivity index (χ0) is 20.5. The summed E-state index contributed by atoms with van der Waals surface area (Å²) in [5.41, 5.74) is 0.102. The molecular formula is C17H16F2IN5O2S. The number of rotatable bonds is 6. The summed E-state index contributed by atoms with van der Waals surface area (Å²) < 4.78 is 49.4. The Morgan fingerprint density at radius 2 is 1.82 bits per heavy atom. The molecule has 0 radical (unpaired) electrons. The molecule has 148 valence electrons. The van der Waals surface area contributed by atoms with Gasteiger partial charge in [0.2, 0.25) is 9.84 Å². The quantitative estimate of drug-likeness (QED) is 0.301. The lowest BCUT2D eigenvalue weighted by Crippen LogP contribution is -2.19. The van der Waals surface area contributed by atoms with Crippen molar-refractivity contribution in [3.63, 3.8) is 0 Å². The first-order valence-corrected chi connectivity index (χ1v) is 10.8. The van der Waals surface area contributed by atoms with Gasteiger partial charge in [0, 0.05) is 41.5 Å². The standard InChI is InChI=1S/C17H16F2IN5O2S/c1-10(2)28(26,27)16-24-14-12(6-4-8-22-14)15(25-16)23-9-11-5-3-7-21-13(11)17(18,19)20/h3-8,10H,9H2,1-2H3,(H,22,23,24,25). The molecule has 3 rings (SSSR count). The van der Waals surface area contributed by atoms with E-state index >= 15 is 0 Å². The molecule has 0 spiro atoms. The Morgan fingerprint density at radius 3 is 2.50 bits per heavy atom. The molecule has 0 bridgehead atoms. The molecule has 0 amide bonds. The van der Waals surface area contributed by atoms with Gasteiger partial charge >= 0.3 is 3.93 Å². The smallest absolute Gasteiger partial charge is 0.338 e.